The normalized spacial score (nSPS) is 14.2. The quantitative estimate of drug-likeness (QED) is 0.212. The van der Waals surface area contributed by atoms with Crippen LogP contribution >= 0.6 is 11.6 Å². The molecule has 1 fully saturated rings. The van der Waals surface area contributed by atoms with E-state index in [1.807, 2.05) is 13.0 Å². The van der Waals surface area contributed by atoms with Gasteiger partial charge in [-0.25, -0.2) is 9.67 Å². The van der Waals surface area contributed by atoms with Gasteiger partial charge in [-0.15, -0.1) is 0 Å². The lowest BCUT2D eigenvalue weighted by Crippen LogP contribution is -2.43. The van der Waals surface area contributed by atoms with Crippen LogP contribution in [0.5, 0.6) is 11.6 Å². The third-order valence-electron chi connectivity index (χ3n) is 7.12. The standard InChI is InChI=1S/C29H28ClN7O5S/c1-17-10-19-12-25(34-24(19)14-23(17)35-43(39,40)36-6-8-41-9-7-36)28(38)22-15-33-37(29(22)31)26-16-32-27(11-18(26)2)42-21-5-3-4-20(30)13-21/h3-5,10-16,34-35H,6-9,31H2,1-2H3. The Morgan fingerprint density at radius 2 is 1.88 bits per heavy atom. The van der Waals surface area contributed by atoms with Crippen LogP contribution in [0, 0.1) is 13.8 Å². The van der Waals surface area contributed by atoms with Crippen molar-refractivity contribution in [2.75, 3.05) is 36.8 Å². The summed E-state index contributed by atoms with van der Waals surface area (Å²) in [4.78, 5) is 21.0. The van der Waals surface area contributed by atoms with E-state index < -0.39 is 10.2 Å². The molecule has 6 rings (SSSR count). The second-order valence-corrected chi connectivity index (χ2v) is 12.2. The summed E-state index contributed by atoms with van der Waals surface area (Å²) in [6.07, 6.45) is 2.98. The molecule has 0 unspecified atom stereocenters. The molecule has 0 aliphatic carbocycles. The van der Waals surface area contributed by atoms with Crippen LogP contribution in [-0.2, 0) is 14.9 Å². The van der Waals surface area contributed by atoms with E-state index >= 15 is 0 Å². The Kier molecular flexibility index (Phi) is 7.56. The summed E-state index contributed by atoms with van der Waals surface area (Å²) in [6.45, 7) is 4.91. The Hall–Kier alpha value is -4.43. The highest BCUT2D eigenvalue weighted by Crippen LogP contribution is 2.29. The third kappa shape index (κ3) is 5.79. The summed E-state index contributed by atoms with van der Waals surface area (Å²) in [5.74, 6) is 0.700. The van der Waals surface area contributed by atoms with Gasteiger partial charge in [0.2, 0.25) is 11.7 Å². The van der Waals surface area contributed by atoms with E-state index in [1.54, 1.807) is 55.6 Å². The molecule has 4 heterocycles. The van der Waals surface area contributed by atoms with Crippen molar-refractivity contribution in [2.24, 2.45) is 0 Å². The van der Waals surface area contributed by atoms with Gasteiger partial charge in [0.1, 0.15) is 11.6 Å². The molecule has 0 spiro atoms. The second-order valence-electron chi connectivity index (χ2n) is 10.1. The van der Waals surface area contributed by atoms with Gasteiger partial charge in [0, 0.05) is 35.1 Å². The summed E-state index contributed by atoms with van der Waals surface area (Å²) >= 11 is 6.04. The zero-order valence-corrected chi connectivity index (χ0v) is 24.9. The number of hydrogen-bond acceptors (Lipinski definition) is 8. The highest BCUT2D eigenvalue weighted by atomic mass is 35.5. The molecule has 4 N–H and O–H groups in total. The first-order valence-corrected chi connectivity index (χ1v) is 15.2. The number of ketones is 1. The number of nitrogens with two attached hydrogens (primary N) is 1. The lowest BCUT2D eigenvalue weighted by atomic mass is 10.1. The number of nitrogens with one attached hydrogen (secondary N) is 2. The molecule has 43 heavy (non-hydrogen) atoms. The molecule has 1 aliphatic heterocycles. The van der Waals surface area contributed by atoms with Crippen molar-refractivity contribution in [3.63, 3.8) is 0 Å². The lowest BCUT2D eigenvalue weighted by Gasteiger charge is -2.26. The fourth-order valence-corrected chi connectivity index (χ4v) is 6.28. The topological polar surface area (TPSA) is 157 Å². The summed E-state index contributed by atoms with van der Waals surface area (Å²) < 4.78 is 42.3. The summed E-state index contributed by atoms with van der Waals surface area (Å²) in [5, 5.41) is 5.65. The zero-order valence-electron chi connectivity index (χ0n) is 23.3. The van der Waals surface area contributed by atoms with Crippen LogP contribution < -0.4 is 15.2 Å². The smallest absolute Gasteiger partial charge is 0.301 e. The maximum atomic E-state index is 13.5. The predicted octanol–water partition coefficient (Wildman–Crippen LogP) is 4.61. The first-order valence-electron chi connectivity index (χ1n) is 13.4. The van der Waals surface area contributed by atoms with Crippen LogP contribution in [-0.4, -0.2) is 64.6 Å². The van der Waals surface area contributed by atoms with Gasteiger partial charge in [0.25, 0.3) is 0 Å². The molecule has 14 heteroatoms. The number of carbonyl (C=O) groups is 1. The molecule has 1 aliphatic rings. The number of halogens is 1. The van der Waals surface area contributed by atoms with Gasteiger partial charge in [0.05, 0.1) is 48.2 Å². The fraction of sp³-hybridized carbons (Fsp3) is 0.207. The van der Waals surface area contributed by atoms with Gasteiger partial charge < -0.3 is 20.2 Å². The van der Waals surface area contributed by atoms with Crippen molar-refractivity contribution < 1.29 is 22.7 Å². The van der Waals surface area contributed by atoms with Gasteiger partial charge in [-0.2, -0.15) is 17.8 Å². The number of aromatic nitrogens is 4. The maximum Gasteiger partial charge on any atom is 0.301 e. The second kappa shape index (κ2) is 11.3. The number of H-pyrrole nitrogens is 1. The van der Waals surface area contributed by atoms with Crippen molar-refractivity contribution in [3.8, 4) is 17.3 Å². The van der Waals surface area contributed by atoms with Crippen LogP contribution in [0.15, 0.2) is 60.9 Å². The van der Waals surface area contributed by atoms with E-state index in [2.05, 4.69) is 19.8 Å². The Balaban J connectivity index is 1.23. The minimum atomic E-state index is -3.76. The summed E-state index contributed by atoms with van der Waals surface area (Å²) in [5.41, 5.74) is 9.97. The SMILES string of the molecule is Cc1cc2cc(C(=O)c3cnn(-c4cnc(Oc5cccc(Cl)c5)cc4C)c3N)[nH]c2cc1NS(=O)(=O)N1CCOCC1. The van der Waals surface area contributed by atoms with Crippen LogP contribution in [0.4, 0.5) is 11.5 Å². The third-order valence-corrected chi connectivity index (χ3v) is 8.87. The van der Waals surface area contributed by atoms with Crippen molar-refractivity contribution in [1.82, 2.24) is 24.1 Å². The lowest BCUT2D eigenvalue weighted by molar-refractivity contribution is 0.0733. The number of hydrogen-bond donors (Lipinski definition) is 3. The van der Waals surface area contributed by atoms with E-state index in [-0.39, 0.29) is 35.9 Å². The summed E-state index contributed by atoms with van der Waals surface area (Å²) in [7, 11) is -3.76. The number of aryl methyl sites for hydroxylation is 2. The predicted molar refractivity (Wildman–Crippen MR) is 163 cm³/mol. The number of aromatic amines is 1. The number of fused-ring (bicyclic) bond motifs is 1. The molecule has 2 aromatic carbocycles. The number of morpholine rings is 1. The van der Waals surface area contributed by atoms with Gasteiger partial charge in [-0.05, 0) is 61.4 Å². The van der Waals surface area contributed by atoms with Gasteiger partial charge in [-0.1, -0.05) is 17.7 Å². The minimum absolute atomic E-state index is 0.146. The van der Waals surface area contributed by atoms with E-state index in [0.717, 1.165) is 10.9 Å². The van der Waals surface area contributed by atoms with Gasteiger partial charge >= 0.3 is 10.2 Å². The molecular formula is C29H28ClN7O5S. The molecule has 12 nitrogen and oxygen atoms in total. The molecule has 0 saturated carbocycles. The van der Waals surface area contributed by atoms with Crippen LogP contribution in [0.1, 0.15) is 27.2 Å². The molecular weight excluding hydrogens is 594 g/mol. The molecule has 5 aromatic rings. The van der Waals surface area contributed by atoms with Crippen LogP contribution in [0.2, 0.25) is 5.02 Å². The van der Waals surface area contributed by atoms with E-state index in [1.165, 1.54) is 15.2 Å². The number of pyridine rings is 1. The molecule has 222 valence electrons. The highest BCUT2D eigenvalue weighted by Gasteiger charge is 2.25. The van der Waals surface area contributed by atoms with E-state index in [9.17, 15) is 13.2 Å². The number of anilines is 2. The Morgan fingerprint density at radius 1 is 1.09 bits per heavy atom. The monoisotopic (exact) mass is 621 g/mol. The van der Waals surface area contributed by atoms with Crippen molar-refractivity contribution in [1.29, 1.82) is 0 Å². The number of carbonyl (C=O) groups excluding carboxylic acids is 1. The molecule has 3 aromatic heterocycles. The minimum Gasteiger partial charge on any atom is -0.439 e. The average Bonchev–Trinajstić information content (AvgIpc) is 3.56. The average molecular weight is 622 g/mol. The molecule has 0 bridgehead atoms. The largest absolute Gasteiger partial charge is 0.439 e. The number of ether oxygens (including phenoxy) is 2. The van der Waals surface area contributed by atoms with Crippen molar-refractivity contribution in [3.05, 3.63) is 88.3 Å². The Morgan fingerprint density at radius 3 is 2.63 bits per heavy atom. The number of nitrogens with zero attached hydrogens (tertiary/aromatic N) is 4. The zero-order chi connectivity index (χ0) is 30.3. The Bertz CT molecular complexity index is 1970. The summed E-state index contributed by atoms with van der Waals surface area (Å²) in [6, 6.07) is 13.9. The van der Waals surface area contributed by atoms with Crippen molar-refractivity contribution >= 4 is 50.0 Å². The van der Waals surface area contributed by atoms with E-state index in [0.29, 0.717) is 52.3 Å². The molecule has 0 radical (unpaired) electrons. The van der Waals surface area contributed by atoms with Crippen molar-refractivity contribution in [2.45, 2.75) is 13.8 Å². The van der Waals surface area contributed by atoms with Gasteiger partial charge in [-0.3, -0.25) is 9.52 Å². The molecule has 0 amide bonds. The fourth-order valence-electron chi connectivity index (χ4n) is 4.84. The highest BCUT2D eigenvalue weighted by molar-refractivity contribution is 7.90. The molecule has 1 saturated heterocycles. The molecule has 0 atom stereocenters. The maximum absolute atomic E-state index is 13.5. The first-order chi connectivity index (χ1) is 20.6. The van der Waals surface area contributed by atoms with Gasteiger partial charge in [0.15, 0.2) is 0 Å². The first kappa shape index (κ1) is 28.7. The Labute approximate surface area is 252 Å². The number of nitrogen functional groups attached to an aromatic ring is 1. The van der Waals surface area contributed by atoms with Crippen LogP contribution in [0.3, 0.4) is 0 Å². The number of rotatable bonds is 8. The van der Waals surface area contributed by atoms with Crippen LogP contribution in [0.25, 0.3) is 16.6 Å². The number of benzene rings is 2. The van der Waals surface area contributed by atoms with E-state index in [4.69, 9.17) is 26.8 Å².